The molecule has 1 aromatic carbocycles. The second-order valence-corrected chi connectivity index (χ2v) is 6.64. The highest BCUT2D eigenvalue weighted by molar-refractivity contribution is 7.99. The Kier molecular flexibility index (Phi) is 5.71. The summed E-state index contributed by atoms with van der Waals surface area (Å²) >= 11 is 1.98. The average molecular weight is 281 g/mol. The molecule has 0 aliphatic heterocycles. The third-order valence-corrected chi connectivity index (χ3v) is 5.10. The maximum absolute atomic E-state index is 13.2. The Labute approximate surface area is 120 Å². The standard InChI is InChI=1S/C16H24FNS/c1-12(10-13-6-5-7-14(17)11-13)18-15-8-3-4-9-16(15)19-2/h5-7,11-12,15-16,18H,3-4,8-10H2,1-2H3. The fourth-order valence-electron chi connectivity index (χ4n) is 3.01. The topological polar surface area (TPSA) is 12.0 Å². The van der Waals surface area contributed by atoms with E-state index in [2.05, 4.69) is 18.5 Å². The van der Waals surface area contributed by atoms with Crippen molar-refractivity contribution in [3.8, 4) is 0 Å². The van der Waals surface area contributed by atoms with Gasteiger partial charge in [0, 0.05) is 17.3 Å². The molecule has 0 spiro atoms. The molecule has 0 radical (unpaired) electrons. The third-order valence-electron chi connectivity index (χ3n) is 3.93. The van der Waals surface area contributed by atoms with Gasteiger partial charge < -0.3 is 5.32 Å². The first-order valence-corrected chi connectivity index (χ1v) is 8.51. The van der Waals surface area contributed by atoms with E-state index < -0.39 is 0 Å². The van der Waals surface area contributed by atoms with Crippen molar-refractivity contribution in [1.29, 1.82) is 0 Å². The molecule has 2 rings (SSSR count). The predicted octanol–water partition coefficient (Wildman–Crippen LogP) is 4.02. The van der Waals surface area contributed by atoms with Gasteiger partial charge in [0.15, 0.2) is 0 Å². The lowest BCUT2D eigenvalue weighted by Crippen LogP contribution is -2.45. The van der Waals surface area contributed by atoms with Gasteiger partial charge in [0.2, 0.25) is 0 Å². The third kappa shape index (κ3) is 4.50. The van der Waals surface area contributed by atoms with Gasteiger partial charge in [0.1, 0.15) is 5.82 Å². The number of benzene rings is 1. The van der Waals surface area contributed by atoms with E-state index in [-0.39, 0.29) is 5.82 Å². The van der Waals surface area contributed by atoms with Gasteiger partial charge in [-0.1, -0.05) is 25.0 Å². The van der Waals surface area contributed by atoms with Gasteiger partial charge in [0.25, 0.3) is 0 Å². The van der Waals surface area contributed by atoms with Crippen molar-refractivity contribution in [3.05, 3.63) is 35.6 Å². The first kappa shape index (κ1) is 14.9. The van der Waals surface area contributed by atoms with Crippen LogP contribution in [-0.4, -0.2) is 23.6 Å². The molecule has 3 atom stereocenters. The van der Waals surface area contributed by atoms with Crippen molar-refractivity contribution in [2.45, 2.75) is 56.4 Å². The zero-order valence-electron chi connectivity index (χ0n) is 11.9. The molecule has 0 heterocycles. The summed E-state index contributed by atoms with van der Waals surface area (Å²) in [5.74, 6) is -0.135. The van der Waals surface area contributed by atoms with Gasteiger partial charge in [-0.25, -0.2) is 4.39 Å². The molecule has 0 aromatic heterocycles. The highest BCUT2D eigenvalue weighted by atomic mass is 32.2. The van der Waals surface area contributed by atoms with Gasteiger partial charge in [-0.3, -0.25) is 0 Å². The van der Waals surface area contributed by atoms with Crippen LogP contribution >= 0.6 is 11.8 Å². The first-order valence-electron chi connectivity index (χ1n) is 7.22. The van der Waals surface area contributed by atoms with Crippen LogP contribution in [0.4, 0.5) is 4.39 Å². The van der Waals surface area contributed by atoms with Crippen molar-refractivity contribution in [2.24, 2.45) is 0 Å². The summed E-state index contributed by atoms with van der Waals surface area (Å²) in [5.41, 5.74) is 1.08. The smallest absolute Gasteiger partial charge is 0.123 e. The molecule has 1 aliphatic rings. The second-order valence-electron chi connectivity index (χ2n) is 5.57. The predicted molar refractivity (Wildman–Crippen MR) is 82.3 cm³/mol. The molecule has 0 bridgehead atoms. The molecule has 1 fully saturated rings. The largest absolute Gasteiger partial charge is 0.310 e. The van der Waals surface area contributed by atoms with E-state index in [0.29, 0.717) is 12.1 Å². The minimum atomic E-state index is -0.135. The van der Waals surface area contributed by atoms with Gasteiger partial charge in [0.05, 0.1) is 0 Å². The van der Waals surface area contributed by atoms with Crippen LogP contribution in [-0.2, 0) is 6.42 Å². The average Bonchev–Trinajstić information content (AvgIpc) is 2.39. The van der Waals surface area contributed by atoms with Crippen LogP contribution in [0.25, 0.3) is 0 Å². The molecule has 1 saturated carbocycles. The Balaban J connectivity index is 1.87. The fraction of sp³-hybridized carbons (Fsp3) is 0.625. The number of hydrogen-bond donors (Lipinski definition) is 1. The van der Waals surface area contributed by atoms with Crippen molar-refractivity contribution in [2.75, 3.05) is 6.26 Å². The van der Waals surface area contributed by atoms with E-state index in [1.54, 1.807) is 12.1 Å². The van der Waals surface area contributed by atoms with Crippen LogP contribution in [0.1, 0.15) is 38.2 Å². The minimum absolute atomic E-state index is 0.135. The Morgan fingerprint density at radius 1 is 1.37 bits per heavy atom. The molecule has 0 amide bonds. The van der Waals surface area contributed by atoms with Gasteiger partial charge in [-0.15, -0.1) is 0 Å². The van der Waals surface area contributed by atoms with Crippen LogP contribution in [0.2, 0.25) is 0 Å². The van der Waals surface area contributed by atoms with E-state index >= 15 is 0 Å². The Hall–Kier alpha value is -0.540. The maximum Gasteiger partial charge on any atom is 0.123 e. The van der Waals surface area contributed by atoms with Gasteiger partial charge >= 0.3 is 0 Å². The second kappa shape index (κ2) is 7.30. The maximum atomic E-state index is 13.2. The normalized spacial score (nSPS) is 25.2. The van der Waals surface area contributed by atoms with Crippen LogP contribution in [0.5, 0.6) is 0 Å². The molecule has 19 heavy (non-hydrogen) atoms. The zero-order valence-corrected chi connectivity index (χ0v) is 12.7. The summed E-state index contributed by atoms with van der Waals surface area (Å²) in [7, 11) is 0. The summed E-state index contributed by atoms with van der Waals surface area (Å²) in [6.45, 7) is 2.21. The quantitative estimate of drug-likeness (QED) is 0.875. The number of rotatable bonds is 5. The van der Waals surface area contributed by atoms with Crippen molar-refractivity contribution >= 4 is 11.8 Å². The van der Waals surface area contributed by atoms with Crippen LogP contribution < -0.4 is 5.32 Å². The van der Waals surface area contributed by atoms with Crippen molar-refractivity contribution in [3.63, 3.8) is 0 Å². The van der Waals surface area contributed by atoms with E-state index in [0.717, 1.165) is 17.2 Å². The summed E-state index contributed by atoms with van der Waals surface area (Å²) < 4.78 is 13.2. The minimum Gasteiger partial charge on any atom is -0.310 e. The molecule has 1 aromatic rings. The van der Waals surface area contributed by atoms with Crippen LogP contribution in [0, 0.1) is 5.82 Å². The molecular weight excluding hydrogens is 257 g/mol. The van der Waals surface area contributed by atoms with Gasteiger partial charge in [-0.2, -0.15) is 11.8 Å². The van der Waals surface area contributed by atoms with Crippen LogP contribution in [0.3, 0.4) is 0 Å². The van der Waals surface area contributed by atoms with E-state index in [1.807, 2.05) is 17.8 Å². The molecule has 0 saturated heterocycles. The molecular formula is C16H24FNS. The molecule has 1 nitrogen and oxygen atoms in total. The van der Waals surface area contributed by atoms with E-state index in [4.69, 9.17) is 0 Å². The Bertz CT molecular complexity index is 396. The highest BCUT2D eigenvalue weighted by Gasteiger charge is 2.25. The lowest BCUT2D eigenvalue weighted by Gasteiger charge is -2.33. The molecule has 3 heteroatoms. The lowest BCUT2D eigenvalue weighted by atomic mass is 9.93. The Morgan fingerprint density at radius 2 is 2.16 bits per heavy atom. The summed E-state index contributed by atoms with van der Waals surface area (Å²) in [4.78, 5) is 0. The van der Waals surface area contributed by atoms with Crippen LogP contribution in [0.15, 0.2) is 24.3 Å². The SMILES string of the molecule is CSC1CCCCC1NC(C)Cc1cccc(F)c1. The molecule has 106 valence electrons. The molecule has 1 aliphatic carbocycles. The number of halogens is 1. The summed E-state index contributed by atoms with van der Waals surface area (Å²) in [6.07, 6.45) is 8.41. The zero-order chi connectivity index (χ0) is 13.7. The fourth-order valence-corrected chi connectivity index (χ4v) is 3.96. The lowest BCUT2D eigenvalue weighted by molar-refractivity contribution is 0.352. The number of nitrogens with one attached hydrogen (secondary N) is 1. The van der Waals surface area contributed by atoms with E-state index in [1.165, 1.54) is 31.7 Å². The van der Waals surface area contributed by atoms with Crippen molar-refractivity contribution < 1.29 is 4.39 Å². The first-order chi connectivity index (χ1) is 9.19. The monoisotopic (exact) mass is 281 g/mol. The van der Waals surface area contributed by atoms with Gasteiger partial charge in [-0.05, 0) is 50.1 Å². The summed E-state index contributed by atoms with van der Waals surface area (Å²) in [5, 5.41) is 4.48. The Morgan fingerprint density at radius 3 is 2.89 bits per heavy atom. The number of thioether (sulfide) groups is 1. The highest BCUT2D eigenvalue weighted by Crippen LogP contribution is 2.27. The van der Waals surface area contributed by atoms with Crippen molar-refractivity contribution in [1.82, 2.24) is 5.32 Å². The molecule has 1 N–H and O–H groups in total. The summed E-state index contributed by atoms with van der Waals surface area (Å²) in [6, 6.07) is 7.97. The van der Waals surface area contributed by atoms with E-state index in [9.17, 15) is 4.39 Å². The number of hydrogen-bond acceptors (Lipinski definition) is 2. The molecule has 3 unspecified atom stereocenters.